The Bertz CT molecular complexity index is 529. The van der Waals surface area contributed by atoms with Crippen molar-refractivity contribution in [3.63, 3.8) is 0 Å². The number of aliphatic hydroxyl groups is 1. The lowest BCUT2D eigenvalue weighted by Crippen LogP contribution is -2.06. The molecule has 0 fully saturated rings. The van der Waals surface area contributed by atoms with Crippen molar-refractivity contribution in [3.8, 4) is 5.75 Å². The van der Waals surface area contributed by atoms with Gasteiger partial charge in [0, 0.05) is 0 Å². The van der Waals surface area contributed by atoms with Crippen LogP contribution in [0.4, 0.5) is 0 Å². The van der Waals surface area contributed by atoms with E-state index in [2.05, 4.69) is 0 Å². The van der Waals surface area contributed by atoms with Gasteiger partial charge in [-0.15, -0.1) is 0 Å². The molecule has 0 bridgehead atoms. The number of hydrogen-bond donors (Lipinski definition) is 1. The number of benzene rings is 2. The summed E-state index contributed by atoms with van der Waals surface area (Å²) in [4.78, 5) is 0. The number of ether oxygens (including phenoxy) is 1. The Labute approximate surface area is 114 Å². The minimum absolute atomic E-state index is 0.131. The van der Waals surface area contributed by atoms with Gasteiger partial charge in [0.15, 0.2) is 0 Å². The quantitative estimate of drug-likeness (QED) is 0.900. The second-order valence-corrected chi connectivity index (χ2v) is 5.05. The molecule has 2 rings (SSSR count). The van der Waals surface area contributed by atoms with Gasteiger partial charge in [0.1, 0.15) is 11.9 Å². The maximum absolute atomic E-state index is 10.4. The highest BCUT2D eigenvalue weighted by Gasteiger charge is 2.11. The standard InChI is InChI=1S/C17H20O2/c1-12(2)19-16-6-4-5-15(11-16)17(18)14-9-7-13(3)8-10-14/h4-12,17-18H,1-3H3. The van der Waals surface area contributed by atoms with Gasteiger partial charge < -0.3 is 9.84 Å². The lowest BCUT2D eigenvalue weighted by atomic mass is 10.0. The Morgan fingerprint density at radius 3 is 2.26 bits per heavy atom. The zero-order valence-electron chi connectivity index (χ0n) is 11.6. The molecule has 2 aromatic carbocycles. The highest BCUT2D eigenvalue weighted by atomic mass is 16.5. The van der Waals surface area contributed by atoms with Crippen LogP contribution in [0.5, 0.6) is 5.75 Å². The molecule has 1 atom stereocenters. The summed E-state index contributed by atoms with van der Waals surface area (Å²) in [6, 6.07) is 15.5. The molecule has 2 nitrogen and oxygen atoms in total. The SMILES string of the molecule is Cc1ccc(C(O)c2cccc(OC(C)C)c2)cc1. The van der Waals surface area contributed by atoms with Gasteiger partial charge >= 0.3 is 0 Å². The van der Waals surface area contributed by atoms with Crippen LogP contribution in [0.25, 0.3) is 0 Å². The van der Waals surface area contributed by atoms with Crippen molar-refractivity contribution in [2.24, 2.45) is 0 Å². The van der Waals surface area contributed by atoms with Crippen LogP contribution in [0.2, 0.25) is 0 Å². The molecule has 100 valence electrons. The molecular weight excluding hydrogens is 236 g/mol. The van der Waals surface area contributed by atoms with Gasteiger partial charge in [0.2, 0.25) is 0 Å². The maximum Gasteiger partial charge on any atom is 0.120 e. The molecule has 0 aromatic heterocycles. The molecule has 0 saturated carbocycles. The Morgan fingerprint density at radius 2 is 1.63 bits per heavy atom. The molecular formula is C17H20O2. The van der Waals surface area contributed by atoms with E-state index in [9.17, 15) is 5.11 Å². The van der Waals surface area contributed by atoms with Gasteiger partial charge in [-0.2, -0.15) is 0 Å². The lowest BCUT2D eigenvalue weighted by molar-refractivity contribution is 0.216. The molecule has 0 saturated heterocycles. The van der Waals surface area contributed by atoms with Crippen molar-refractivity contribution < 1.29 is 9.84 Å². The van der Waals surface area contributed by atoms with E-state index in [1.807, 2.05) is 69.3 Å². The molecule has 19 heavy (non-hydrogen) atoms. The number of rotatable bonds is 4. The first-order chi connectivity index (χ1) is 9.06. The first kappa shape index (κ1) is 13.6. The first-order valence-corrected chi connectivity index (χ1v) is 6.57. The fourth-order valence-corrected chi connectivity index (χ4v) is 1.97. The van der Waals surface area contributed by atoms with E-state index < -0.39 is 6.10 Å². The molecule has 0 spiro atoms. The van der Waals surface area contributed by atoms with E-state index in [-0.39, 0.29) is 6.10 Å². The van der Waals surface area contributed by atoms with Gasteiger partial charge in [-0.25, -0.2) is 0 Å². The molecule has 0 amide bonds. The van der Waals surface area contributed by atoms with E-state index in [0.717, 1.165) is 16.9 Å². The largest absolute Gasteiger partial charge is 0.491 e. The highest BCUT2D eigenvalue weighted by molar-refractivity contribution is 5.36. The monoisotopic (exact) mass is 256 g/mol. The highest BCUT2D eigenvalue weighted by Crippen LogP contribution is 2.25. The van der Waals surface area contributed by atoms with E-state index in [1.165, 1.54) is 5.56 Å². The zero-order chi connectivity index (χ0) is 13.8. The van der Waals surface area contributed by atoms with Crippen LogP contribution in [0, 0.1) is 6.92 Å². The average molecular weight is 256 g/mol. The van der Waals surface area contributed by atoms with Crippen LogP contribution >= 0.6 is 0 Å². The molecule has 0 aliphatic heterocycles. The van der Waals surface area contributed by atoms with Gasteiger partial charge in [0.25, 0.3) is 0 Å². The summed E-state index contributed by atoms with van der Waals surface area (Å²) in [5.74, 6) is 0.790. The summed E-state index contributed by atoms with van der Waals surface area (Å²) in [7, 11) is 0. The lowest BCUT2D eigenvalue weighted by Gasteiger charge is -2.15. The third-order valence-electron chi connectivity index (χ3n) is 2.94. The molecule has 0 heterocycles. The molecule has 1 N–H and O–H groups in total. The van der Waals surface area contributed by atoms with E-state index >= 15 is 0 Å². The predicted octanol–water partition coefficient (Wildman–Crippen LogP) is 3.86. The fraction of sp³-hybridized carbons (Fsp3) is 0.294. The minimum atomic E-state index is -0.615. The van der Waals surface area contributed by atoms with Crippen LogP contribution in [-0.2, 0) is 0 Å². The van der Waals surface area contributed by atoms with E-state index in [1.54, 1.807) is 0 Å². The van der Waals surface area contributed by atoms with E-state index in [0.29, 0.717) is 0 Å². The van der Waals surface area contributed by atoms with Crippen LogP contribution in [0.1, 0.15) is 36.6 Å². The van der Waals surface area contributed by atoms with Crippen LogP contribution in [0.3, 0.4) is 0 Å². The van der Waals surface area contributed by atoms with Gasteiger partial charge in [-0.05, 0) is 44.0 Å². The Hall–Kier alpha value is -1.80. The number of aryl methyl sites for hydroxylation is 1. The first-order valence-electron chi connectivity index (χ1n) is 6.57. The van der Waals surface area contributed by atoms with Crippen LogP contribution < -0.4 is 4.74 Å². The van der Waals surface area contributed by atoms with Crippen molar-refractivity contribution in [2.45, 2.75) is 33.0 Å². The summed E-state index contributed by atoms with van der Waals surface area (Å²) in [6.07, 6.45) is -0.483. The Balaban J connectivity index is 2.23. The van der Waals surface area contributed by atoms with Crippen molar-refractivity contribution in [2.75, 3.05) is 0 Å². The zero-order valence-corrected chi connectivity index (χ0v) is 11.6. The van der Waals surface area contributed by atoms with E-state index in [4.69, 9.17) is 4.74 Å². The van der Waals surface area contributed by atoms with Gasteiger partial charge in [-0.3, -0.25) is 0 Å². The third kappa shape index (κ3) is 3.58. The summed E-state index contributed by atoms with van der Waals surface area (Å²) in [5.41, 5.74) is 2.93. The summed E-state index contributed by atoms with van der Waals surface area (Å²) in [6.45, 7) is 6.01. The fourth-order valence-electron chi connectivity index (χ4n) is 1.97. The topological polar surface area (TPSA) is 29.5 Å². The van der Waals surface area contributed by atoms with Crippen LogP contribution in [0.15, 0.2) is 48.5 Å². The summed E-state index contributed by atoms with van der Waals surface area (Å²) < 4.78 is 5.65. The molecule has 2 aromatic rings. The summed E-state index contributed by atoms with van der Waals surface area (Å²) >= 11 is 0. The number of hydrogen-bond acceptors (Lipinski definition) is 2. The van der Waals surface area contributed by atoms with Crippen molar-refractivity contribution >= 4 is 0 Å². The molecule has 0 aliphatic carbocycles. The predicted molar refractivity (Wildman–Crippen MR) is 77.4 cm³/mol. The second-order valence-electron chi connectivity index (χ2n) is 5.05. The summed E-state index contributed by atoms with van der Waals surface area (Å²) in [5, 5.41) is 10.4. The van der Waals surface area contributed by atoms with Gasteiger partial charge in [0.05, 0.1) is 6.10 Å². The second kappa shape index (κ2) is 5.89. The van der Waals surface area contributed by atoms with Crippen molar-refractivity contribution in [1.29, 1.82) is 0 Å². The third-order valence-corrected chi connectivity index (χ3v) is 2.94. The maximum atomic E-state index is 10.4. The molecule has 0 radical (unpaired) electrons. The normalized spacial score (nSPS) is 12.5. The van der Waals surface area contributed by atoms with Crippen LogP contribution in [-0.4, -0.2) is 11.2 Å². The number of aliphatic hydroxyl groups excluding tert-OH is 1. The van der Waals surface area contributed by atoms with Crippen molar-refractivity contribution in [1.82, 2.24) is 0 Å². The molecule has 0 aliphatic rings. The molecule has 2 heteroatoms. The Morgan fingerprint density at radius 1 is 0.947 bits per heavy atom. The smallest absolute Gasteiger partial charge is 0.120 e. The molecule has 1 unspecified atom stereocenters. The van der Waals surface area contributed by atoms with Crippen molar-refractivity contribution in [3.05, 3.63) is 65.2 Å². The Kier molecular flexibility index (Phi) is 4.23. The minimum Gasteiger partial charge on any atom is -0.491 e. The average Bonchev–Trinajstić information content (AvgIpc) is 2.38. The van der Waals surface area contributed by atoms with Gasteiger partial charge in [-0.1, -0.05) is 42.0 Å².